The number of phenols is 2. The van der Waals surface area contributed by atoms with Crippen molar-refractivity contribution in [2.45, 2.75) is 13.3 Å². The van der Waals surface area contributed by atoms with Gasteiger partial charge in [-0.2, -0.15) is 0 Å². The Hall–Kier alpha value is -4.06. The standard InChI is InChI=1S/C25H22N2O4/c1-2-24(30)26-15-25(31)27(22-7-3-5-16-9-11-18(28)13-20(16)22)23-8-4-6-17-10-12-19(29)14-21(17)23/h3-14,28-29H,2,15H2,1H3,(H,26,30). The third-order valence-corrected chi connectivity index (χ3v) is 5.17. The number of aromatic hydroxyl groups is 2. The zero-order valence-corrected chi connectivity index (χ0v) is 17.0. The fraction of sp³-hybridized carbons (Fsp3) is 0.120. The molecule has 0 saturated carbocycles. The molecule has 0 unspecified atom stereocenters. The van der Waals surface area contributed by atoms with E-state index >= 15 is 0 Å². The minimum atomic E-state index is -0.339. The Labute approximate surface area is 179 Å². The SMILES string of the molecule is CCC(=O)NCC(=O)N(c1cccc2ccc(O)cc12)c1cccc2ccc(O)cc12. The Balaban J connectivity index is 1.94. The highest BCUT2D eigenvalue weighted by Crippen LogP contribution is 2.38. The lowest BCUT2D eigenvalue weighted by molar-refractivity contribution is -0.124. The molecule has 156 valence electrons. The van der Waals surface area contributed by atoms with Crippen LogP contribution in [0.4, 0.5) is 11.4 Å². The van der Waals surface area contributed by atoms with Gasteiger partial charge in [-0.3, -0.25) is 14.5 Å². The number of fused-ring (bicyclic) bond motifs is 2. The van der Waals surface area contributed by atoms with Crippen LogP contribution in [0, 0.1) is 0 Å². The Morgan fingerprint density at radius 1 is 0.806 bits per heavy atom. The summed E-state index contributed by atoms with van der Waals surface area (Å²) >= 11 is 0. The fourth-order valence-electron chi connectivity index (χ4n) is 3.65. The van der Waals surface area contributed by atoms with Gasteiger partial charge in [0.15, 0.2) is 0 Å². The van der Waals surface area contributed by atoms with Crippen molar-refractivity contribution in [1.29, 1.82) is 0 Å². The Morgan fingerprint density at radius 3 is 1.81 bits per heavy atom. The molecular formula is C25H22N2O4. The molecule has 4 aromatic carbocycles. The van der Waals surface area contributed by atoms with Gasteiger partial charge in [-0.15, -0.1) is 0 Å². The molecule has 4 rings (SSSR count). The predicted octanol–water partition coefficient (Wildman–Crippen LogP) is 4.60. The van der Waals surface area contributed by atoms with Gasteiger partial charge in [-0.25, -0.2) is 0 Å². The average molecular weight is 414 g/mol. The number of carbonyl (C=O) groups is 2. The number of nitrogens with zero attached hydrogens (tertiary/aromatic N) is 1. The topological polar surface area (TPSA) is 89.9 Å². The van der Waals surface area contributed by atoms with E-state index in [0.29, 0.717) is 22.1 Å². The maximum atomic E-state index is 13.4. The molecule has 0 fully saturated rings. The molecule has 0 saturated heterocycles. The molecule has 3 N–H and O–H groups in total. The van der Waals surface area contributed by atoms with Crippen LogP contribution < -0.4 is 10.2 Å². The molecule has 0 spiro atoms. The van der Waals surface area contributed by atoms with Crippen molar-refractivity contribution in [3.8, 4) is 11.5 Å². The normalized spacial score (nSPS) is 10.9. The zero-order valence-electron chi connectivity index (χ0n) is 17.0. The first-order valence-corrected chi connectivity index (χ1v) is 10.0. The third kappa shape index (κ3) is 4.00. The van der Waals surface area contributed by atoms with Gasteiger partial charge in [-0.05, 0) is 47.2 Å². The number of hydrogen-bond acceptors (Lipinski definition) is 4. The van der Waals surface area contributed by atoms with E-state index in [2.05, 4.69) is 5.32 Å². The van der Waals surface area contributed by atoms with Crippen LogP contribution in [0.2, 0.25) is 0 Å². The Bertz CT molecular complexity index is 1210. The first kappa shape index (κ1) is 20.2. The van der Waals surface area contributed by atoms with Crippen LogP contribution >= 0.6 is 0 Å². The molecule has 31 heavy (non-hydrogen) atoms. The summed E-state index contributed by atoms with van der Waals surface area (Å²) < 4.78 is 0. The summed E-state index contributed by atoms with van der Waals surface area (Å²) in [6.07, 6.45) is 0.275. The largest absolute Gasteiger partial charge is 0.508 e. The number of phenolic OH excluding ortho intramolecular Hbond substituents is 2. The molecular weight excluding hydrogens is 392 g/mol. The van der Waals surface area contributed by atoms with Crippen LogP contribution in [0.3, 0.4) is 0 Å². The van der Waals surface area contributed by atoms with E-state index in [9.17, 15) is 19.8 Å². The lowest BCUT2D eigenvalue weighted by atomic mass is 10.0. The van der Waals surface area contributed by atoms with Crippen molar-refractivity contribution in [1.82, 2.24) is 5.32 Å². The second-order valence-electron chi connectivity index (χ2n) is 7.22. The van der Waals surface area contributed by atoms with Gasteiger partial charge in [0.1, 0.15) is 11.5 Å². The molecule has 0 radical (unpaired) electrons. The highest BCUT2D eigenvalue weighted by molar-refractivity contribution is 6.14. The van der Waals surface area contributed by atoms with E-state index in [4.69, 9.17) is 0 Å². The molecule has 0 heterocycles. The summed E-state index contributed by atoms with van der Waals surface area (Å²) in [4.78, 5) is 26.7. The summed E-state index contributed by atoms with van der Waals surface area (Å²) in [5, 5.41) is 25.9. The smallest absolute Gasteiger partial charge is 0.250 e. The molecule has 2 amide bonds. The quantitative estimate of drug-likeness (QED) is 0.445. The van der Waals surface area contributed by atoms with Crippen LogP contribution in [0.5, 0.6) is 11.5 Å². The van der Waals surface area contributed by atoms with Crippen molar-refractivity contribution in [3.05, 3.63) is 72.8 Å². The molecule has 0 aliphatic rings. The number of carbonyl (C=O) groups excluding carboxylic acids is 2. The lowest BCUT2D eigenvalue weighted by Gasteiger charge is -2.26. The molecule has 0 atom stereocenters. The Morgan fingerprint density at radius 2 is 1.32 bits per heavy atom. The first-order chi connectivity index (χ1) is 15.0. The van der Waals surface area contributed by atoms with E-state index in [1.807, 2.05) is 24.3 Å². The van der Waals surface area contributed by atoms with Gasteiger partial charge in [0.2, 0.25) is 5.91 Å². The molecule has 0 bridgehead atoms. The second-order valence-corrected chi connectivity index (χ2v) is 7.22. The number of amides is 2. The van der Waals surface area contributed by atoms with Crippen LogP contribution in [0.25, 0.3) is 21.5 Å². The number of anilines is 2. The van der Waals surface area contributed by atoms with Gasteiger partial charge in [0.05, 0.1) is 17.9 Å². The second kappa shape index (κ2) is 8.36. The van der Waals surface area contributed by atoms with Gasteiger partial charge in [-0.1, -0.05) is 43.3 Å². The van der Waals surface area contributed by atoms with E-state index in [-0.39, 0.29) is 36.3 Å². The summed E-state index contributed by atoms with van der Waals surface area (Å²) in [7, 11) is 0. The maximum Gasteiger partial charge on any atom is 0.250 e. The summed E-state index contributed by atoms with van der Waals surface area (Å²) in [6.45, 7) is 1.54. The number of nitrogens with one attached hydrogen (secondary N) is 1. The fourth-order valence-corrected chi connectivity index (χ4v) is 3.65. The Kier molecular flexibility index (Phi) is 5.45. The maximum absolute atomic E-state index is 13.4. The minimum absolute atomic E-state index is 0.0854. The van der Waals surface area contributed by atoms with Gasteiger partial charge in [0.25, 0.3) is 5.91 Å². The first-order valence-electron chi connectivity index (χ1n) is 10.0. The molecule has 0 aliphatic heterocycles. The zero-order chi connectivity index (χ0) is 22.0. The lowest BCUT2D eigenvalue weighted by Crippen LogP contribution is -2.37. The number of rotatable bonds is 5. The highest BCUT2D eigenvalue weighted by Gasteiger charge is 2.22. The van der Waals surface area contributed by atoms with Crippen LogP contribution in [-0.2, 0) is 9.59 Å². The van der Waals surface area contributed by atoms with Crippen LogP contribution in [-0.4, -0.2) is 28.6 Å². The number of benzene rings is 4. The highest BCUT2D eigenvalue weighted by atomic mass is 16.3. The van der Waals surface area contributed by atoms with E-state index in [1.54, 1.807) is 55.5 Å². The molecule has 0 aromatic heterocycles. The van der Waals surface area contributed by atoms with Gasteiger partial charge in [0, 0.05) is 17.2 Å². The van der Waals surface area contributed by atoms with Crippen molar-refractivity contribution in [2.75, 3.05) is 11.4 Å². The molecule has 4 aromatic rings. The van der Waals surface area contributed by atoms with Gasteiger partial charge >= 0.3 is 0 Å². The third-order valence-electron chi connectivity index (χ3n) is 5.17. The van der Waals surface area contributed by atoms with Crippen molar-refractivity contribution in [3.63, 3.8) is 0 Å². The summed E-state index contributed by atoms with van der Waals surface area (Å²) in [5.41, 5.74) is 1.14. The average Bonchev–Trinajstić information content (AvgIpc) is 2.78. The van der Waals surface area contributed by atoms with E-state index in [1.165, 1.54) is 4.90 Å². The minimum Gasteiger partial charge on any atom is -0.508 e. The predicted molar refractivity (Wildman–Crippen MR) is 122 cm³/mol. The number of hydrogen-bond donors (Lipinski definition) is 3. The van der Waals surface area contributed by atoms with Gasteiger partial charge < -0.3 is 15.5 Å². The molecule has 6 heteroatoms. The van der Waals surface area contributed by atoms with Crippen LogP contribution in [0.15, 0.2) is 72.8 Å². The molecule has 0 aliphatic carbocycles. The van der Waals surface area contributed by atoms with E-state index < -0.39 is 0 Å². The van der Waals surface area contributed by atoms with Crippen molar-refractivity contribution in [2.24, 2.45) is 0 Å². The van der Waals surface area contributed by atoms with E-state index in [0.717, 1.165) is 10.8 Å². The van der Waals surface area contributed by atoms with Crippen molar-refractivity contribution >= 4 is 44.7 Å². The monoisotopic (exact) mass is 414 g/mol. The summed E-state index contributed by atoms with van der Waals surface area (Å²) in [6, 6.07) is 21.0. The van der Waals surface area contributed by atoms with Crippen molar-refractivity contribution < 1.29 is 19.8 Å². The summed E-state index contributed by atoms with van der Waals surface area (Å²) in [5.74, 6) is -0.391. The molecule has 6 nitrogen and oxygen atoms in total. The van der Waals surface area contributed by atoms with Crippen LogP contribution in [0.1, 0.15) is 13.3 Å².